The summed E-state index contributed by atoms with van der Waals surface area (Å²) in [6, 6.07) is 2.57. The van der Waals surface area contributed by atoms with Gasteiger partial charge in [-0.2, -0.15) is 0 Å². The highest BCUT2D eigenvalue weighted by Gasteiger charge is 2.37. The number of esters is 1. The number of ether oxygens (including phenoxy) is 1. The van der Waals surface area contributed by atoms with Gasteiger partial charge in [-0.05, 0) is 44.9 Å². The van der Waals surface area contributed by atoms with E-state index in [4.69, 9.17) is 21.9 Å². The lowest BCUT2D eigenvalue weighted by molar-refractivity contribution is -0.145. The normalized spacial score (nSPS) is 20.1. The highest BCUT2D eigenvalue weighted by molar-refractivity contribution is 8.26. The van der Waals surface area contributed by atoms with E-state index in [2.05, 4.69) is 5.32 Å². The topological polar surface area (TPSA) is 113 Å². The van der Waals surface area contributed by atoms with Gasteiger partial charge in [-0.3, -0.25) is 28.5 Å². The molecule has 2 aromatic rings. The lowest BCUT2D eigenvalue weighted by Gasteiger charge is -2.36. The van der Waals surface area contributed by atoms with Crippen LogP contribution in [0.5, 0.6) is 0 Å². The van der Waals surface area contributed by atoms with Crippen LogP contribution in [-0.2, 0) is 19.1 Å². The zero-order chi connectivity index (χ0) is 26.9. The first-order chi connectivity index (χ1) is 17.7. The van der Waals surface area contributed by atoms with Gasteiger partial charge in [0.2, 0.25) is 5.91 Å². The van der Waals surface area contributed by atoms with Crippen molar-refractivity contribution in [1.82, 2.24) is 19.6 Å². The van der Waals surface area contributed by atoms with Gasteiger partial charge in [-0.25, -0.2) is 4.98 Å². The molecule has 37 heavy (non-hydrogen) atoms. The molecule has 0 radical (unpaired) electrons. The third-order valence-electron chi connectivity index (χ3n) is 6.46. The number of nitrogens with zero attached hydrogens (tertiary/aromatic N) is 4. The molecule has 0 aliphatic carbocycles. The maximum atomic E-state index is 13.8. The van der Waals surface area contributed by atoms with Gasteiger partial charge in [0.05, 0.1) is 23.5 Å². The van der Waals surface area contributed by atoms with E-state index in [1.807, 2.05) is 26.8 Å². The number of rotatable bonds is 7. The van der Waals surface area contributed by atoms with Gasteiger partial charge >= 0.3 is 5.97 Å². The van der Waals surface area contributed by atoms with Crippen LogP contribution in [0, 0.1) is 6.92 Å². The summed E-state index contributed by atoms with van der Waals surface area (Å²) in [5.74, 6) is -0.930. The zero-order valence-electron chi connectivity index (χ0n) is 21.1. The number of piperazine rings is 1. The Labute approximate surface area is 224 Å². The Morgan fingerprint density at radius 3 is 2.81 bits per heavy atom. The van der Waals surface area contributed by atoms with Gasteiger partial charge in [0.15, 0.2) is 0 Å². The van der Waals surface area contributed by atoms with Gasteiger partial charge in [-0.1, -0.05) is 37.0 Å². The first-order valence-electron chi connectivity index (χ1n) is 12.2. The van der Waals surface area contributed by atoms with Crippen molar-refractivity contribution in [3.63, 3.8) is 0 Å². The molecule has 4 heterocycles. The summed E-state index contributed by atoms with van der Waals surface area (Å²) >= 11 is 6.59. The molecule has 2 aliphatic heterocycles. The second-order valence-corrected chi connectivity index (χ2v) is 10.5. The number of nitrogens with one attached hydrogen (secondary N) is 1. The van der Waals surface area contributed by atoms with E-state index in [-0.39, 0.29) is 42.3 Å². The largest absolute Gasteiger partial charge is 0.466 e. The van der Waals surface area contributed by atoms with E-state index >= 15 is 0 Å². The van der Waals surface area contributed by atoms with Crippen molar-refractivity contribution in [3.8, 4) is 0 Å². The number of carbonyl (C=O) groups excluding carboxylic acids is 3. The second kappa shape index (κ2) is 11.0. The standard InChI is InChI=1S/C25H29N5O5S2/c1-5-15(4)30-24(34)18(37-25(30)36)12-16-21(27-20-14(3)8-7-10-29(20)23(16)33)28-11-9-26-22(32)17(28)13-19(31)35-6-2/h7-8,10,12,15,17H,5-6,9,11,13H2,1-4H3,(H,26,32). The number of thiocarbonyl (C=S) groups is 1. The van der Waals surface area contributed by atoms with Crippen molar-refractivity contribution in [2.75, 3.05) is 24.6 Å². The number of carbonyl (C=O) groups is 3. The van der Waals surface area contributed by atoms with Crippen LogP contribution in [0.4, 0.5) is 5.82 Å². The predicted octanol–water partition coefficient (Wildman–Crippen LogP) is 2.26. The number of pyridine rings is 1. The van der Waals surface area contributed by atoms with Crippen LogP contribution in [0.25, 0.3) is 11.7 Å². The first kappa shape index (κ1) is 26.8. The van der Waals surface area contributed by atoms with Crippen molar-refractivity contribution in [3.05, 3.63) is 44.7 Å². The maximum Gasteiger partial charge on any atom is 0.308 e. The fourth-order valence-corrected chi connectivity index (χ4v) is 5.81. The highest BCUT2D eigenvalue weighted by atomic mass is 32.2. The van der Waals surface area contributed by atoms with Crippen LogP contribution in [0.2, 0.25) is 0 Å². The number of thioether (sulfide) groups is 1. The SMILES string of the molecule is CCOC(=O)CC1C(=O)NCCN1c1nc2c(C)cccn2c(=O)c1C=C1SC(=S)N(C(C)CC)C1=O. The van der Waals surface area contributed by atoms with Crippen LogP contribution in [0.1, 0.15) is 44.7 Å². The molecule has 0 aromatic carbocycles. The third kappa shape index (κ3) is 5.12. The number of hydrogen-bond donors (Lipinski definition) is 1. The number of anilines is 1. The van der Waals surface area contributed by atoms with Crippen molar-refractivity contribution in [2.45, 2.75) is 52.6 Å². The Morgan fingerprint density at radius 2 is 2.11 bits per heavy atom. The Bertz CT molecular complexity index is 1370. The molecule has 0 bridgehead atoms. The minimum Gasteiger partial charge on any atom is -0.466 e. The maximum absolute atomic E-state index is 13.8. The number of fused-ring (bicyclic) bond motifs is 1. The van der Waals surface area contributed by atoms with E-state index in [0.717, 1.165) is 23.7 Å². The lowest BCUT2D eigenvalue weighted by atomic mass is 10.1. The van der Waals surface area contributed by atoms with Gasteiger partial charge in [0, 0.05) is 25.3 Å². The summed E-state index contributed by atoms with van der Waals surface area (Å²) < 4.78 is 6.93. The van der Waals surface area contributed by atoms with Crippen LogP contribution in [0.15, 0.2) is 28.0 Å². The average molecular weight is 544 g/mol. The van der Waals surface area contributed by atoms with Crippen LogP contribution in [0.3, 0.4) is 0 Å². The molecular formula is C25H29N5O5S2. The Kier molecular flexibility index (Phi) is 7.98. The van der Waals surface area contributed by atoms with E-state index in [9.17, 15) is 19.2 Å². The van der Waals surface area contributed by atoms with Crippen LogP contribution >= 0.6 is 24.0 Å². The molecule has 1 N–H and O–H groups in total. The molecule has 0 spiro atoms. The molecule has 0 saturated carbocycles. The molecule has 4 rings (SSSR count). The van der Waals surface area contributed by atoms with Gasteiger partial charge in [0.1, 0.15) is 21.8 Å². The number of hydrogen-bond acceptors (Lipinski definition) is 9. The van der Waals surface area contributed by atoms with Gasteiger partial charge in [0.25, 0.3) is 11.5 Å². The summed E-state index contributed by atoms with van der Waals surface area (Å²) in [4.78, 5) is 60.6. The Balaban J connectivity index is 1.90. The highest BCUT2D eigenvalue weighted by Crippen LogP contribution is 2.35. The van der Waals surface area contributed by atoms with Gasteiger partial charge in [-0.15, -0.1) is 0 Å². The van der Waals surface area contributed by atoms with Crippen LogP contribution < -0.4 is 15.8 Å². The average Bonchev–Trinajstić information content (AvgIpc) is 3.14. The molecule has 2 aromatic heterocycles. The summed E-state index contributed by atoms with van der Waals surface area (Å²) in [7, 11) is 0. The molecule has 2 atom stereocenters. The number of aryl methyl sites for hydroxylation is 1. The van der Waals surface area contributed by atoms with Gasteiger partial charge < -0.3 is 15.0 Å². The number of aromatic nitrogens is 2. The minimum absolute atomic E-state index is 0.0869. The molecule has 2 aliphatic rings. The fourth-order valence-electron chi connectivity index (χ4n) is 4.37. The summed E-state index contributed by atoms with van der Waals surface area (Å²) in [6.45, 7) is 8.23. The molecule has 10 nitrogen and oxygen atoms in total. The van der Waals surface area contributed by atoms with Crippen molar-refractivity contribution in [2.24, 2.45) is 0 Å². The van der Waals surface area contributed by atoms with Crippen molar-refractivity contribution >= 4 is 63.6 Å². The Hall–Kier alpha value is -3.25. The van der Waals surface area contributed by atoms with E-state index < -0.39 is 17.6 Å². The Morgan fingerprint density at radius 1 is 1.35 bits per heavy atom. The zero-order valence-corrected chi connectivity index (χ0v) is 22.8. The quantitative estimate of drug-likeness (QED) is 0.319. The molecule has 2 saturated heterocycles. The third-order valence-corrected chi connectivity index (χ3v) is 7.79. The molecule has 2 fully saturated rings. The smallest absolute Gasteiger partial charge is 0.308 e. The van der Waals surface area contributed by atoms with E-state index in [1.165, 1.54) is 10.5 Å². The van der Waals surface area contributed by atoms with Crippen LogP contribution in [-0.4, -0.2) is 68.2 Å². The molecule has 196 valence electrons. The molecule has 2 unspecified atom stereocenters. The first-order valence-corrected chi connectivity index (χ1v) is 13.4. The predicted molar refractivity (Wildman–Crippen MR) is 146 cm³/mol. The minimum atomic E-state index is -0.923. The monoisotopic (exact) mass is 543 g/mol. The summed E-state index contributed by atoms with van der Waals surface area (Å²) in [5, 5.41) is 2.78. The molecular weight excluding hydrogens is 514 g/mol. The van der Waals surface area contributed by atoms with Crippen molar-refractivity contribution < 1.29 is 19.1 Å². The molecule has 2 amide bonds. The lowest BCUT2D eigenvalue weighted by Crippen LogP contribution is -2.57. The summed E-state index contributed by atoms with van der Waals surface area (Å²) in [5.41, 5.74) is 0.946. The van der Waals surface area contributed by atoms with Crippen molar-refractivity contribution in [1.29, 1.82) is 0 Å². The number of amides is 2. The second-order valence-electron chi connectivity index (χ2n) is 8.86. The molecule has 12 heteroatoms. The van der Waals surface area contributed by atoms with E-state index in [0.29, 0.717) is 28.0 Å². The summed E-state index contributed by atoms with van der Waals surface area (Å²) in [6.07, 6.45) is 3.64. The fraction of sp³-hybridized carbons (Fsp3) is 0.440. The van der Waals surface area contributed by atoms with E-state index in [1.54, 1.807) is 29.0 Å².